The Morgan fingerprint density at radius 1 is 1.22 bits per heavy atom. The minimum absolute atomic E-state index is 0.0649. The number of aromatic nitrogens is 2. The van der Waals surface area contributed by atoms with Gasteiger partial charge in [0, 0.05) is 11.0 Å². The van der Waals surface area contributed by atoms with Crippen LogP contribution in [0.2, 0.25) is 0 Å². The number of rotatable bonds is 3. The van der Waals surface area contributed by atoms with Crippen molar-refractivity contribution in [3.8, 4) is 0 Å². The molecule has 2 aromatic rings. The maximum Gasteiger partial charge on any atom is 0.169 e. The average molecular weight is 260 g/mol. The third kappa shape index (κ3) is 3.01. The van der Waals surface area contributed by atoms with Gasteiger partial charge < -0.3 is 0 Å². The van der Waals surface area contributed by atoms with Crippen molar-refractivity contribution in [2.75, 3.05) is 0 Å². The predicted octanol–water partition coefficient (Wildman–Crippen LogP) is 3.26. The zero-order valence-electron chi connectivity index (χ0n) is 10.8. The molecule has 1 heterocycles. The summed E-state index contributed by atoms with van der Waals surface area (Å²) in [5, 5.41) is 0.786. The molecule has 0 amide bonds. The Kier molecular flexibility index (Phi) is 3.57. The smallest absolute Gasteiger partial charge is 0.169 e. The van der Waals surface area contributed by atoms with Crippen molar-refractivity contribution in [2.24, 2.45) is 0 Å². The van der Waals surface area contributed by atoms with Crippen molar-refractivity contribution in [3.05, 3.63) is 46.7 Å². The number of ketones is 1. The van der Waals surface area contributed by atoms with Crippen LogP contribution in [-0.4, -0.2) is 15.1 Å². The third-order valence-electron chi connectivity index (χ3n) is 2.55. The number of hydrogen-bond acceptors (Lipinski definition) is 4. The highest BCUT2D eigenvalue weighted by molar-refractivity contribution is 7.05. The fourth-order valence-corrected chi connectivity index (χ4v) is 2.32. The number of carbonyl (C=O) groups is 1. The topological polar surface area (TPSA) is 42.9 Å². The second-order valence-corrected chi connectivity index (χ2v) is 6.06. The number of carbonyl (C=O) groups excluding carboxylic acids is 1. The fraction of sp³-hybridized carbons (Fsp3) is 0.357. The zero-order valence-corrected chi connectivity index (χ0v) is 11.6. The Bertz CT molecular complexity index is 540. The molecule has 94 valence electrons. The molecule has 0 saturated carbocycles. The van der Waals surface area contributed by atoms with Gasteiger partial charge in [0.25, 0.3) is 0 Å². The Morgan fingerprint density at radius 3 is 2.44 bits per heavy atom. The van der Waals surface area contributed by atoms with Gasteiger partial charge in [-0.25, -0.2) is 4.98 Å². The van der Waals surface area contributed by atoms with Crippen LogP contribution in [0.25, 0.3) is 0 Å². The molecular formula is C14H16N2OS. The summed E-state index contributed by atoms with van der Waals surface area (Å²) in [7, 11) is 0. The fourth-order valence-electron chi connectivity index (χ4n) is 1.49. The number of Topliss-reactive ketones (excluding diaryl/α,β-unsaturated/α-hetero) is 1. The highest BCUT2D eigenvalue weighted by Crippen LogP contribution is 2.21. The second-order valence-electron chi connectivity index (χ2n) is 5.23. The first kappa shape index (κ1) is 12.9. The largest absolute Gasteiger partial charge is 0.294 e. The van der Waals surface area contributed by atoms with Gasteiger partial charge in [0.05, 0.1) is 6.42 Å². The number of nitrogens with zero attached hydrogens (tertiary/aromatic N) is 2. The van der Waals surface area contributed by atoms with Crippen molar-refractivity contribution in [1.29, 1.82) is 0 Å². The van der Waals surface area contributed by atoms with Gasteiger partial charge in [0.1, 0.15) is 10.8 Å². The summed E-state index contributed by atoms with van der Waals surface area (Å²) in [6, 6.07) is 9.29. The quantitative estimate of drug-likeness (QED) is 0.795. The van der Waals surface area contributed by atoms with Crippen molar-refractivity contribution in [1.82, 2.24) is 9.36 Å². The van der Waals surface area contributed by atoms with Gasteiger partial charge in [0.2, 0.25) is 0 Å². The molecule has 0 aliphatic rings. The van der Waals surface area contributed by atoms with Crippen molar-refractivity contribution >= 4 is 17.3 Å². The third-order valence-corrected chi connectivity index (χ3v) is 3.26. The zero-order chi connectivity index (χ0) is 13.2. The van der Waals surface area contributed by atoms with Gasteiger partial charge in [0.15, 0.2) is 5.78 Å². The summed E-state index contributed by atoms with van der Waals surface area (Å²) in [6.07, 6.45) is 0.331. The Hall–Kier alpha value is -1.55. The van der Waals surface area contributed by atoms with Crippen molar-refractivity contribution in [2.45, 2.75) is 32.6 Å². The SMILES string of the molecule is CC(C)(C)c1nsc(CC(=O)c2ccccc2)n1. The molecule has 0 unspecified atom stereocenters. The lowest BCUT2D eigenvalue weighted by Gasteiger charge is -2.12. The Balaban J connectivity index is 2.11. The number of benzene rings is 1. The highest BCUT2D eigenvalue weighted by atomic mass is 32.1. The van der Waals surface area contributed by atoms with E-state index < -0.39 is 0 Å². The van der Waals surface area contributed by atoms with Crippen molar-refractivity contribution in [3.63, 3.8) is 0 Å². The van der Waals surface area contributed by atoms with E-state index >= 15 is 0 Å². The molecule has 18 heavy (non-hydrogen) atoms. The summed E-state index contributed by atoms with van der Waals surface area (Å²) in [4.78, 5) is 16.4. The summed E-state index contributed by atoms with van der Waals surface area (Å²) >= 11 is 1.32. The van der Waals surface area contributed by atoms with E-state index in [4.69, 9.17) is 0 Å². The lowest BCUT2D eigenvalue weighted by molar-refractivity contribution is 0.0993. The van der Waals surface area contributed by atoms with Crippen LogP contribution >= 0.6 is 11.5 Å². The standard InChI is InChI=1S/C14H16N2OS/c1-14(2,3)13-15-12(18-16-13)9-11(17)10-7-5-4-6-8-10/h4-8H,9H2,1-3H3. The molecule has 0 N–H and O–H groups in total. The van der Waals surface area contributed by atoms with Gasteiger partial charge in [-0.1, -0.05) is 51.1 Å². The van der Waals surface area contributed by atoms with E-state index in [2.05, 4.69) is 30.1 Å². The summed E-state index contributed by atoms with van der Waals surface area (Å²) in [5.74, 6) is 0.899. The molecule has 0 atom stereocenters. The molecular weight excluding hydrogens is 244 g/mol. The minimum atomic E-state index is -0.0649. The van der Waals surface area contributed by atoms with Gasteiger partial charge in [-0.3, -0.25) is 4.79 Å². The maximum absolute atomic E-state index is 12.0. The highest BCUT2D eigenvalue weighted by Gasteiger charge is 2.20. The van der Waals surface area contributed by atoms with E-state index in [-0.39, 0.29) is 11.2 Å². The molecule has 2 rings (SSSR count). The summed E-state index contributed by atoms with van der Waals surface area (Å²) in [6.45, 7) is 6.20. The van der Waals surface area contributed by atoms with Crippen LogP contribution < -0.4 is 0 Å². The van der Waals surface area contributed by atoms with E-state index in [9.17, 15) is 4.79 Å². The lowest BCUT2D eigenvalue weighted by atomic mass is 9.96. The van der Waals surface area contributed by atoms with Crippen LogP contribution in [0.5, 0.6) is 0 Å². The molecule has 1 aromatic carbocycles. The molecule has 0 saturated heterocycles. The number of hydrogen-bond donors (Lipinski definition) is 0. The molecule has 0 spiro atoms. The van der Waals surface area contributed by atoms with Crippen LogP contribution in [0, 0.1) is 0 Å². The molecule has 0 aliphatic heterocycles. The maximum atomic E-state index is 12.0. The summed E-state index contributed by atoms with van der Waals surface area (Å²) < 4.78 is 4.31. The van der Waals surface area contributed by atoms with Gasteiger partial charge in [-0.05, 0) is 11.5 Å². The molecule has 0 bridgehead atoms. The van der Waals surface area contributed by atoms with Gasteiger partial charge in [-0.2, -0.15) is 4.37 Å². The lowest BCUT2D eigenvalue weighted by Crippen LogP contribution is -2.13. The monoisotopic (exact) mass is 260 g/mol. The first-order valence-electron chi connectivity index (χ1n) is 5.88. The van der Waals surface area contributed by atoms with Crippen LogP contribution in [0.3, 0.4) is 0 Å². The first-order chi connectivity index (χ1) is 8.47. The van der Waals surface area contributed by atoms with Gasteiger partial charge >= 0.3 is 0 Å². The van der Waals surface area contributed by atoms with Crippen LogP contribution in [0.1, 0.15) is 42.0 Å². The van der Waals surface area contributed by atoms with E-state index in [1.165, 1.54) is 11.5 Å². The first-order valence-corrected chi connectivity index (χ1v) is 6.65. The molecule has 0 fully saturated rings. The molecule has 0 radical (unpaired) electrons. The molecule has 4 heteroatoms. The summed E-state index contributed by atoms with van der Waals surface area (Å²) in [5.41, 5.74) is 0.662. The Labute approximate surface area is 111 Å². The van der Waals surface area contributed by atoms with E-state index in [0.29, 0.717) is 6.42 Å². The molecule has 3 nitrogen and oxygen atoms in total. The Morgan fingerprint density at radius 2 is 1.89 bits per heavy atom. The van der Waals surface area contributed by atoms with E-state index in [1.807, 2.05) is 30.3 Å². The normalized spacial score (nSPS) is 11.5. The molecule has 0 aliphatic carbocycles. The van der Waals surface area contributed by atoms with Crippen molar-refractivity contribution < 1.29 is 4.79 Å². The van der Waals surface area contributed by atoms with Gasteiger partial charge in [-0.15, -0.1) is 0 Å². The van der Waals surface area contributed by atoms with Crippen LogP contribution in [-0.2, 0) is 11.8 Å². The average Bonchev–Trinajstić information content (AvgIpc) is 2.78. The van der Waals surface area contributed by atoms with E-state index in [0.717, 1.165) is 16.4 Å². The minimum Gasteiger partial charge on any atom is -0.294 e. The van der Waals surface area contributed by atoms with E-state index in [1.54, 1.807) is 0 Å². The predicted molar refractivity (Wildman–Crippen MR) is 73.1 cm³/mol. The molecule has 1 aromatic heterocycles. The van der Waals surface area contributed by atoms with Crippen LogP contribution in [0.15, 0.2) is 30.3 Å². The second kappa shape index (κ2) is 4.98. The van der Waals surface area contributed by atoms with Crippen LogP contribution in [0.4, 0.5) is 0 Å².